The third-order valence-corrected chi connectivity index (χ3v) is 3.74. The molecule has 1 amide bonds. The van der Waals surface area contributed by atoms with E-state index in [4.69, 9.17) is 0 Å². The zero-order valence-corrected chi connectivity index (χ0v) is 11.4. The summed E-state index contributed by atoms with van der Waals surface area (Å²) in [5.74, 6) is 0.128. The van der Waals surface area contributed by atoms with Crippen molar-refractivity contribution in [3.05, 3.63) is 42.7 Å². The molecule has 0 spiro atoms. The first-order chi connectivity index (χ1) is 9.74. The Morgan fingerprint density at radius 3 is 3.05 bits per heavy atom. The Balaban J connectivity index is 1.74. The second-order valence-corrected chi connectivity index (χ2v) is 5.13. The number of rotatable bonds is 3. The number of carbonyl (C=O) groups excluding carboxylic acids is 1. The lowest BCUT2D eigenvalue weighted by Gasteiger charge is -2.15. The van der Waals surface area contributed by atoms with Crippen molar-refractivity contribution in [3.63, 3.8) is 0 Å². The second kappa shape index (κ2) is 5.46. The number of amides is 1. The molecule has 2 atom stereocenters. The van der Waals surface area contributed by atoms with Gasteiger partial charge < -0.3 is 10.6 Å². The van der Waals surface area contributed by atoms with Gasteiger partial charge in [0, 0.05) is 24.1 Å². The fourth-order valence-corrected chi connectivity index (χ4v) is 2.60. The average Bonchev–Trinajstić information content (AvgIpc) is 3.09. The van der Waals surface area contributed by atoms with E-state index in [1.54, 1.807) is 10.9 Å². The number of aromatic nitrogens is 2. The predicted octanol–water partition coefficient (Wildman–Crippen LogP) is 1.81. The van der Waals surface area contributed by atoms with E-state index in [2.05, 4.69) is 22.7 Å². The molecule has 2 N–H and O–H groups in total. The Morgan fingerprint density at radius 2 is 2.35 bits per heavy atom. The number of anilines is 1. The van der Waals surface area contributed by atoms with Gasteiger partial charge in [0.05, 0.1) is 11.6 Å². The summed E-state index contributed by atoms with van der Waals surface area (Å²) in [5, 5.41) is 10.5. The highest BCUT2D eigenvalue weighted by molar-refractivity contribution is 5.93. The molecule has 1 fully saturated rings. The lowest BCUT2D eigenvalue weighted by Crippen LogP contribution is -2.32. The zero-order valence-electron chi connectivity index (χ0n) is 11.4. The lowest BCUT2D eigenvalue weighted by atomic mass is 10.0. The topological polar surface area (TPSA) is 59.0 Å². The summed E-state index contributed by atoms with van der Waals surface area (Å²) >= 11 is 0. The van der Waals surface area contributed by atoms with Gasteiger partial charge in [-0.2, -0.15) is 5.10 Å². The van der Waals surface area contributed by atoms with Gasteiger partial charge in [-0.3, -0.25) is 4.79 Å². The first-order valence-corrected chi connectivity index (χ1v) is 6.88. The van der Waals surface area contributed by atoms with Crippen LogP contribution in [-0.4, -0.2) is 28.3 Å². The van der Waals surface area contributed by atoms with Crippen LogP contribution in [0, 0.1) is 5.92 Å². The normalized spacial score (nSPS) is 21.9. The molecule has 1 aromatic heterocycles. The summed E-state index contributed by atoms with van der Waals surface area (Å²) in [4.78, 5) is 12.2. The molecule has 20 heavy (non-hydrogen) atoms. The molecule has 1 saturated heterocycles. The largest absolute Gasteiger partial charge is 0.326 e. The highest BCUT2D eigenvalue weighted by atomic mass is 16.1. The van der Waals surface area contributed by atoms with Crippen molar-refractivity contribution in [2.45, 2.75) is 19.4 Å². The summed E-state index contributed by atoms with van der Waals surface area (Å²) in [6.45, 7) is 2.96. The lowest BCUT2D eigenvalue weighted by molar-refractivity contribution is -0.119. The molecule has 5 nitrogen and oxygen atoms in total. The highest BCUT2D eigenvalue weighted by Gasteiger charge is 2.29. The van der Waals surface area contributed by atoms with Crippen LogP contribution in [0.3, 0.4) is 0 Å². The third kappa shape index (κ3) is 2.58. The van der Waals surface area contributed by atoms with Crippen LogP contribution in [-0.2, 0) is 4.79 Å². The molecule has 0 radical (unpaired) electrons. The zero-order chi connectivity index (χ0) is 13.9. The van der Waals surface area contributed by atoms with Crippen molar-refractivity contribution >= 4 is 11.6 Å². The van der Waals surface area contributed by atoms with Crippen LogP contribution in [0.15, 0.2) is 42.7 Å². The van der Waals surface area contributed by atoms with Crippen molar-refractivity contribution in [1.82, 2.24) is 15.1 Å². The number of nitrogens with zero attached hydrogens (tertiary/aromatic N) is 2. The molecule has 3 rings (SSSR count). The van der Waals surface area contributed by atoms with Crippen LogP contribution < -0.4 is 10.6 Å². The minimum absolute atomic E-state index is 0.0448. The first kappa shape index (κ1) is 12.9. The fraction of sp³-hybridized carbons (Fsp3) is 0.333. The Bertz CT molecular complexity index is 594. The van der Waals surface area contributed by atoms with E-state index in [0.29, 0.717) is 0 Å². The second-order valence-electron chi connectivity index (χ2n) is 5.13. The van der Waals surface area contributed by atoms with Gasteiger partial charge in [0.1, 0.15) is 0 Å². The third-order valence-electron chi connectivity index (χ3n) is 3.74. The molecule has 1 aliphatic heterocycles. The van der Waals surface area contributed by atoms with Gasteiger partial charge in [-0.25, -0.2) is 4.68 Å². The van der Waals surface area contributed by atoms with Gasteiger partial charge in [0.15, 0.2) is 0 Å². The van der Waals surface area contributed by atoms with Crippen LogP contribution in [0.2, 0.25) is 0 Å². The van der Waals surface area contributed by atoms with Gasteiger partial charge in [0.25, 0.3) is 0 Å². The monoisotopic (exact) mass is 270 g/mol. The van der Waals surface area contributed by atoms with Crippen LogP contribution in [0.25, 0.3) is 5.69 Å². The van der Waals surface area contributed by atoms with Crippen LogP contribution in [0.4, 0.5) is 5.69 Å². The van der Waals surface area contributed by atoms with Gasteiger partial charge in [0.2, 0.25) is 5.91 Å². The molecule has 0 bridgehead atoms. The van der Waals surface area contributed by atoms with Gasteiger partial charge >= 0.3 is 0 Å². The van der Waals surface area contributed by atoms with Crippen molar-refractivity contribution in [1.29, 1.82) is 0 Å². The molecule has 0 saturated carbocycles. The van der Waals surface area contributed by atoms with Crippen molar-refractivity contribution in [2.24, 2.45) is 5.92 Å². The van der Waals surface area contributed by atoms with Crippen molar-refractivity contribution < 1.29 is 4.79 Å². The summed E-state index contributed by atoms with van der Waals surface area (Å²) in [7, 11) is 0. The Labute approximate surface area is 118 Å². The summed E-state index contributed by atoms with van der Waals surface area (Å²) in [5.41, 5.74) is 1.74. The Kier molecular flexibility index (Phi) is 3.52. The number of nitrogens with one attached hydrogen (secondary N) is 2. The molecule has 2 aromatic rings. The number of carbonyl (C=O) groups is 1. The van der Waals surface area contributed by atoms with Gasteiger partial charge in [-0.15, -0.1) is 0 Å². The molecule has 104 valence electrons. The standard InChI is InChI=1S/C15H18N4O/c1-11-14(6-8-16-11)15(20)18-12-4-2-5-13(10-12)19-9-3-7-17-19/h2-5,7,9-11,14,16H,6,8H2,1H3,(H,18,20). The first-order valence-electron chi connectivity index (χ1n) is 6.88. The summed E-state index contributed by atoms with van der Waals surface area (Å²) < 4.78 is 1.77. The summed E-state index contributed by atoms with van der Waals surface area (Å²) in [6.07, 6.45) is 4.51. The predicted molar refractivity (Wildman–Crippen MR) is 77.8 cm³/mol. The van der Waals surface area contributed by atoms with Crippen LogP contribution >= 0.6 is 0 Å². The smallest absolute Gasteiger partial charge is 0.229 e. The minimum Gasteiger partial charge on any atom is -0.326 e. The quantitative estimate of drug-likeness (QED) is 0.894. The average molecular weight is 270 g/mol. The van der Waals surface area contributed by atoms with E-state index in [-0.39, 0.29) is 17.9 Å². The van der Waals surface area contributed by atoms with E-state index < -0.39 is 0 Å². The molecule has 5 heteroatoms. The van der Waals surface area contributed by atoms with Crippen LogP contribution in [0.5, 0.6) is 0 Å². The van der Waals surface area contributed by atoms with E-state index >= 15 is 0 Å². The molecular weight excluding hydrogens is 252 g/mol. The molecule has 2 unspecified atom stereocenters. The van der Waals surface area contributed by atoms with Crippen LogP contribution in [0.1, 0.15) is 13.3 Å². The molecule has 1 aromatic carbocycles. The van der Waals surface area contributed by atoms with E-state index in [9.17, 15) is 4.79 Å². The number of hydrogen-bond donors (Lipinski definition) is 2. The van der Waals surface area contributed by atoms with E-state index in [1.807, 2.05) is 36.5 Å². The maximum Gasteiger partial charge on any atom is 0.229 e. The van der Waals surface area contributed by atoms with Gasteiger partial charge in [-0.1, -0.05) is 6.07 Å². The highest BCUT2D eigenvalue weighted by Crippen LogP contribution is 2.19. The molecular formula is C15H18N4O. The number of benzene rings is 1. The van der Waals surface area contributed by atoms with E-state index in [0.717, 1.165) is 24.3 Å². The Morgan fingerprint density at radius 1 is 1.45 bits per heavy atom. The molecule has 1 aliphatic rings. The maximum absolute atomic E-state index is 12.2. The van der Waals surface area contributed by atoms with E-state index in [1.165, 1.54) is 0 Å². The van der Waals surface area contributed by atoms with Gasteiger partial charge in [-0.05, 0) is 44.2 Å². The molecule has 2 heterocycles. The summed E-state index contributed by atoms with van der Waals surface area (Å²) in [6, 6.07) is 9.82. The number of hydrogen-bond acceptors (Lipinski definition) is 3. The van der Waals surface area contributed by atoms with Crippen molar-refractivity contribution in [2.75, 3.05) is 11.9 Å². The SMILES string of the molecule is CC1NCCC1C(=O)Nc1cccc(-n2cccn2)c1. The fourth-order valence-electron chi connectivity index (χ4n) is 2.60. The van der Waals surface area contributed by atoms with Crippen molar-refractivity contribution in [3.8, 4) is 5.69 Å². The Hall–Kier alpha value is -2.14. The minimum atomic E-state index is 0.0448. The molecule has 0 aliphatic carbocycles. The maximum atomic E-state index is 12.2.